The lowest BCUT2D eigenvalue weighted by Crippen LogP contribution is -2.41. The van der Waals surface area contributed by atoms with Gasteiger partial charge in [0.25, 0.3) is 5.91 Å². The number of nitrogens with one attached hydrogen (secondary N) is 2. The van der Waals surface area contributed by atoms with Crippen molar-refractivity contribution in [2.45, 2.75) is 25.2 Å². The Morgan fingerprint density at radius 2 is 1.88 bits per heavy atom. The average Bonchev–Trinajstić information content (AvgIpc) is 3.72. The summed E-state index contributed by atoms with van der Waals surface area (Å²) in [7, 11) is 0. The lowest BCUT2D eigenvalue weighted by atomic mass is 10.0. The Labute approximate surface area is 244 Å². The van der Waals surface area contributed by atoms with Crippen LogP contribution in [0.15, 0.2) is 73.1 Å². The molecule has 0 saturated carbocycles. The van der Waals surface area contributed by atoms with E-state index in [2.05, 4.69) is 20.6 Å². The van der Waals surface area contributed by atoms with Gasteiger partial charge in [-0.2, -0.15) is 10.2 Å². The van der Waals surface area contributed by atoms with Crippen LogP contribution in [0.3, 0.4) is 0 Å². The maximum Gasteiger partial charge on any atom is 0.269 e. The number of hydrogen-bond acceptors (Lipinski definition) is 5. The summed E-state index contributed by atoms with van der Waals surface area (Å²) in [6.07, 6.45) is 2.15. The second-order valence-electron chi connectivity index (χ2n) is 10.1. The fourth-order valence-corrected chi connectivity index (χ4v) is 5.68. The Morgan fingerprint density at radius 1 is 1.07 bits per heavy atom. The molecular weight excluding hydrogens is 564 g/mol. The standard InChI is InChI=1S/C30H26ClF2N7O2/c31-23-6-2-1-4-20(23)21-5-3-7-24(27(21)33)37-30(42)26-13-19(32)16-39(26)10-11-40-25-9-8-17(18-14-35-36-15-18)12-22(25)28(38-40)29(34)41/h1-9,12,14-15,19,26H,10-11,13,16H2,(H2,34,41)(H,35,36)(H,37,42)/t19-,26+/m1/s1. The number of rotatable bonds is 8. The van der Waals surface area contributed by atoms with Gasteiger partial charge in [-0.3, -0.25) is 24.3 Å². The van der Waals surface area contributed by atoms with E-state index in [0.29, 0.717) is 21.5 Å². The van der Waals surface area contributed by atoms with Crippen LogP contribution < -0.4 is 11.1 Å². The summed E-state index contributed by atoms with van der Waals surface area (Å²) in [6, 6.07) is 16.2. The number of hydrogen-bond donors (Lipinski definition) is 3. The molecule has 0 bridgehead atoms. The summed E-state index contributed by atoms with van der Waals surface area (Å²) < 4.78 is 31.7. The molecule has 5 aromatic rings. The topological polar surface area (TPSA) is 122 Å². The molecule has 2 atom stereocenters. The Hall–Kier alpha value is -4.61. The van der Waals surface area contributed by atoms with Crippen LogP contribution in [-0.2, 0) is 11.3 Å². The van der Waals surface area contributed by atoms with Crippen molar-refractivity contribution in [2.75, 3.05) is 18.4 Å². The molecule has 9 nitrogen and oxygen atoms in total. The molecule has 1 fully saturated rings. The molecule has 4 N–H and O–H groups in total. The third-order valence-corrected chi connectivity index (χ3v) is 7.82. The highest BCUT2D eigenvalue weighted by Gasteiger charge is 2.37. The molecule has 3 heterocycles. The maximum atomic E-state index is 15.4. The van der Waals surface area contributed by atoms with Crippen molar-refractivity contribution in [1.82, 2.24) is 24.9 Å². The summed E-state index contributed by atoms with van der Waals surface area (Å²) in [5.41, 5.74) is 8.81. The fourth-order valence-electron chi connectivity index (χ4n) is 5.44. The van der Waals surface area contributed by atoms with Gasteiger partial charge in [-0.1, -0.05) is 48.0 Å². The molecule has 6 rings (SSSR count). The molecule has 2 aromatic heterocycles. The van der Waals surface area contributed by atoms with E-state index in [1.54, 1.807) is 58.4 Å². The predicted molar refractivity (Wildman–Crippen MR) is 156 cm³/mol. The first-order valence-electron chi connectivity index (χ1n) is 13.3. The number of aromatic nitrogens is 4. The van der Waals surface area contributed by atoms with Crippen LogP contribution in [0.2, 0.25) is 5.02 Å². The van der Waals surface area contributed by atoms with E-state index >= 15 is 4.39 Å². The number of halogens is 3. The van der Waals surface area contributed by atoms with Gasteiger partial charge in [0.1, 0.15) is 6.17 Å². The molecule has 0 radical (unpaired) electrons. The minimum absolute atomic E-state index is 0.0164. The number of H-pyrrole nitrogens is 1. The zero-order valence-electron chi connectivity index (χ0n) is 22.2. The molecule has 1 aliphatic rings. The van der Waals surface area contributed by atoms with Crippen LogP contribution in [0, 0.1) is 5.82 Å². The van der Waals surface area contributed by atoms with E-state index in [1.165, 1.54) is 6.07 Å². The Morgan fingerprint density at radius 3 is 2.64 bits per heavy atom. The van der Waals surface area contributed by atoms with E-state index in [0.717, 1.165) is 11.1 Å². The van der Waals surface area contributed by atoms with Crippen LogP contribution in [-0.4, -0.2) is 62.0 Å². The van der Waals surface area contributed by atoms with Crippen LogP contribution in [0.5, 0.6) is 0 Å². The van der Waals surface area contributed by atoms with Crippen molar-refractivity contribution >= 4 is 40.0 Å². The van der Waals surface area contributed by atoms with Crippen molar-refractivity contribution in [3.63, 3.8) is 0 Å². The Kier molecular flexibility index (Phi) is 7.44. The van der Waals surface area contributed by atoms with Crippen LogP contribution in [0.1, 0.15) is 16.9 Å². The van der Waals surface area contributed by atoms with E-state index in [-0.39, 0.29) is 43.0 Å². The van der Waals surface area contributed by atoms with Gasteiger partial charge in [-0.05, 0) is 29.8 Å². The Balaban J connectivity index is 1.21. The summed E-state index contributed by atoms with van der Waals surface area (Å²) >= 11 is 6.26. The lowest BCUT2D eigenvalue weighted by molar-refractivity contribution is -0.120. The van der Waals surface area contributed by atoms with Gasteiger partial charge in [-0.15, -0.1) is 0 Å². The van der Waals surface area contributed by atoms with Crippen molar-refractivity contribution in [3.05, 3.63) is 89.6 Å². The van der Waals surface area contributed by atoms with Crippen molar-refractivity contribution in [2.24, 2.45) is 5.73 Å². The van der Waals surface area contributed by atoms with Gasteiger partial charge in [0.05, 0.1) is 30.0 Å². The van der Waals surface area contributed by atoms with E-state index in [9.17, 15) is 14.0 Å². The zero-order chi connectivity index (χ0) is 29.4. The summed E-state index contributed by atoms with van der Waals surface area (Å²) in [6.45, 7) is 0.563. The monoisotopic (exact) mass is 589 g/mol. The quantitative estimate of drug-likeness (QED) is 0.234. The first-order valence-corrected chi connectivity index (χ1v) is 13.7. The highest BCUT2D eigenvalue weighted by Crippen LogP contribution is 2.33. The molecule has 2 amide bonds. The number of benzene rings is 3. The normalized spacial score (nSPS) is 17.1. The summed E-state index contributed by atoms with van der Waals surface area (Å²) in [4.78, 5) is 27.2. The number of carbonyl (C=O) groups excluding carboxylic acids is 2. The number of primary amides is 1. The number of aromatic amines is 1. The van der Waals surface area contributed by atoms with Gasteiger partial charge in [0.2, 0.25) is 5.91 Å². The molecule has 1 aliphatic heterocycles. The molecule has 12 heteroatoms. The van der Waals surface area contributed by atoms with E-state index in [4.69, 9.17) is 17.3 Å². The third kappa shape index (κ3) is 5.24. The van der Waals surface area contributed by atoms with Crippen molar-refractivity contribution < 1.29 is 18.4 Å². The maximum absolute atomic E-state index is 15.4. The van der Waals surface area contributed by atoms with Gasteiger partial charge < -0.3 is 11.1 Å². The minimum Gasteiger partial charge on any atom is -0.364 e. The summed E-state index contributed by atoms with van der Waals surface area (Å²) in [5.74, 6) is -1.82. The number of carbonyl (C=O) groups is 2. The molecule has 214 valence electrons. The molecule has 0 unspecified atom stereocenters. The summed E-state index contributed by atoms with van der Waals surface area (Å²) in [5, 5.41) is 14.7. The molecule has 1 saturated heterocycles. The molecule has 0 spiro atoms. The third-order valence-electron chi connectivity index (χ3n) is 7.49. The highest BCUT2D eigenvalue weighted by molar-refractivity contribution is 6.33. The molecular formula is C30H26ClF2N7O2. The molecule has 0 aliphatic carbocycles. The van der Waals surface area contributed by atoms with Gasteiger partial charge in [-0.25, -0.2) is 8.78 Å². The number of nitrogens with two attached hydrogens (primary N) is 1. The number of alkyl halides is 1. The second kappa shape index (κ2) is 11.3. The van der Waals surface area contributed by atoms with Gasteiger partial charge >= 0.3 is 0 Å². The number of anilines is 1. The average molecular weight is 590 g/mol. The SMILES string of the molecule is NC(=O)c1nn(CCN2C[C@H](F)C[C@H]2C(=O)Nc2cccc(-c3ccccc3Cl)c2F)c2ccc(-c3cn[nH]c3)cc12. The second-order valence-corrected chi connectivity index (χ2v) is 10.5. The molecule has 3 aromatic carbocycles. The highest BCUT2D eigenvalue weighted by atomic mass is 35.5. The first kappa shape index (κ1) is 27.6. The largest absolute Gasteiger partial charge is 0.364 e. The van der Waals surface area contributed by atoms with Crippen LogP contribution in [0.4, 0.5) is 14.5 Å². The number of nitrogens with zero attached hydrogens (tertiary/aromatic N) is 4. The zero-order valence-corrected chi connectivity index (χ0v) is 23.0. The van der Waals surface area contributed by atoms with Gasteiger partial charge in [0, 0.05) is 52.8 Å². The Bertz CT molecular complexity index is 1790. The van der Waals surface area contributed by atoms with Gasteiger partial charge in [0.15, 0.2) is 11.5 Å². The van der Waals surface area contributed by atoms with Crippen molar-refractivity contribution in [3.8, 4) is 22.3 Å². The number of fused-ring (bicyclic) bond motifs is 1. The fraction of sp³-hybridized carbons (Fsp3) is 0.200. The lowest BCUT2D eigenvalue weighted by Gasteiger charge is -2.23. The number of amides is 2. The molecule has 42 heavy (non-hydrogen) atoms. The van der Waals surface area contributed by atoms with E-state index < -0.39 is 29.8 Å². The minimum atomic E-state index is -1.23. The first-order chi connectivity index (χ1) is 20.3. The predicted octanol–water partition coefficient (Wildman–Crippen LogP) is 5.04. The van der Waals surface area contributed by atoms with Crippen LogP contribution >= 0.6 is 11.6 Å². The van der Waals surface area contributed by atoms with Crippen LogP contribution in [0.25, 0.3) is 33.2 Å². The number of likely N-dealkylation sites (tertiary alicyclic amines) is 1. The smallest absolute Gasteiger partial charge is 0.269 e. The van der Waals surface area contributed by atoms with E-state index in [1.807, 2.05) is 18.2 Å². The van der Waals surface area contributed by atoms with Crippen molar-refractivity contribution in [1.29, 1.82) is 0 Å².